The summed E-state index contributed by atoms with van der Waals surface area (Å²) in [6, 6.07) is 6.07. The van der Waals surface area contributed by atoms with Gasteiger partial charge in [0.15, 0.2) is 0 Å². The quantitative estimate of drug-likeness (QED) is 0.874. The Morgan fingerprint density at radius 1 is 1.48 bits per heavy atom. The van der Waals surface area contributed by atoms with Crippen molar-refractivity contribution in [2.24, 2.45) is 0 Å². The fraction of sp³-hybridized carbons (Fsp3) is 0.588. The largest absolute Gasteiger partial charge is 0.496 e. The molecule has 0 aliphatic carbocycles. The fourth-order valence-electron chi connectivity index (χ4n) is 3.45. The van der Waals surface area contributed by atoms with Gasteiger partial charge in [-0.15, -0.1) is 0 Å². The van der Waals surface area contributed by atoms with Gasteiger partial charge in [-0.1, -0.05) is 31.0 Å². The number of benzene rings is 1. The van der Waals surface area contributed by atoms with Gasteiger partial charge in [-0.05, 0) is 38.8 Å². The van der Waals surface area contributed by atoms with Crippen LogP contribution in [-0.4, -0.2) is 35.2 Å². The molecule has 1 heterocycles. The second kappa shape index (κ2) is 6.48. The van der Waals surface area contributed by atoms with Crippen LogP contribution in [-0.2, 0) is 11.3 Å². The molecule has 0 radical (unpaired) electrons. The van der Waals surface area contributed by atoms with Crippen LogP contribution in [0.1, 0.15) is 43.7 Å². The zero-order chi connectivity index (χ0) is 15.5. The SMILES string of the molecule is CCCC1(C(=O)O)CCCN1Cc1cc(C)ccc1OC. The minimum atomic E-state index is -0.705. The Balaban J connectivity index is 2.29. The number of carboxylic acid groups (broad SMARTS) is 1. The van der Waals surface area contributed by atoms with E-state index in [2.05, 4.69) is 17.9 Å². The zero-order valence-corrected chi connectivity index (χ0v) is 13.2. The number of nitrogens with zero attached hydrogens (tertiary/aromatic N) is 1. The third-order valence-electron chi connectivity index (χ3n) is 4.48. The maximum Gasteiger partial charge on any atom is 0.324 e. The predicted molar refractivity (Wildman–Crippen MR) is 82.6 cm³/mol. The van der Waals surface area contributed by atoms with E-state index in [-0.39, 0.29) is 0 Å². The van der Waals surface area contributed by atoms with E-state index in [0.29, 0.717) is 13.0 Å². The molecule has 2 rings (SSSR count). The molecule has 1 unspecified atom stereocenters. The molecule has 1 atom stereocenters. The molecule has 1 aromatic carbocycles. The Kier molecular flexibility index (Phi) is 4.88. The summed E-state index contributed by atoms with van der Waals surface area (Å²) in [5, 5.41) is 9.75. The number of likely N-dealkylation sites (tertiary alicyclic amines) is 1. The number of ether oxygens (including phenoxy) is 1. The van der Waals surface area contributed by atoms with Crippen LogP contribution in [0, 0.1) is 6.92 Å². The lowest BCUT2D eigenvalue weighted by Gasteiger charge is -2.35. The molecule has 1 fully saturated rings. The summed E-state index contributed by atoms with van der Waals surface area (Å²) in [6.45, 7) is 5.57. The molecule has 1 aliphatic rings. The fourth-order valence-corrected chi connectivity index (χ4v) is 3.45. The first-order valence-corrected chi connectivity index (χ1v) is 7.65. The first-order valence-electron chi connectivity index (χ1n) is 7.65. The molecule has 0 saturated carbocycles. The van der Waals surface area contributed by atoms with Gasteiger partial charge in [-0.2, -0.15) is 0 Å². The second-order valence-corrected chi connectivity index (χ2v) is 5.93. The molecule has 0 bridgehead atoms. The number of aryl methyl sites for hydroxylation is 1. The van der Waals surface area contributed by atoms with Crippen molar-refractivity contribution in [3.8, 4) is 5.75 Å². The van der Waals surface area contributed by atoms with Crippen molar-refractivity contribution >= 4 is 5.97 Å². The van der Waals surface area contributed by atoms with Crippen molar-refractivity contribution < 1.29 is 14.6 Å². The number of hydrogen-bond donors (Lipinski definition) is 1. The number of rotatable bonds is 6. The van der Waals surface area contributed by atoms with Crippen LogP contribution in [0.25, 0.3) is 0 Å². The highest BCUT2D eigenvalue weighted by molar-refractivity contribution is 5.79. The summed E-state index contributed by atoms with van der Waals surface area (Å²) in [5.41, 5.74) is 1.53. The summed E-state index contributed by atoms with van der Waals surface area (Å²) >= 11 is 0. The van der Waals surface area contributed by atoms with Crippen LogP contribution in [0.5, 0.6) is 5.75 Å². The predicted octanol–water partition coefficient (Wildman–Crippen LogP) is 3.22. The lowest BCUT2D eigenvalue weighted by atomic mass is 9.90. The first kappa shape index (κ1) is 15.8. The van der Waals surface area contributed by atoms with Gasteiger partial charge in [0, 0.05) is 12.1 Å². The highest BCUT2D eigenvalue weighted by Gasteiger charge is 2.46. The van der Waals surface area contributed by atoms with Gasteiger partial charge in [-0.3, -0.25) is 9.69 Å². The minimum absolute atomic E-state index is 0.636. The maximum absolute atomic E-state index is 11.9. The first-order chi connectivity index (χ1) is 10.0. The van der Waals surface area contributed by atoms with Gasteiger partial charge >= 0.3 is 5.97 Å². The Labute approximate surface area is 126 Å². The smallest absolute Gasteiger partial charge is 0.324 e. The van der Waals surface area contributed by atoms with Crippen LogP contribution in [0.15, 0.2) is 18.2 Å². The normalized spacial score (nSPS) is 22.4. The van der Waals surface area contributed by atoms with Gasteiger partial charge in [0.1, 0.15) is 11.3 Å². The molecule has 0 amide bonds. The molecule has 0 aromatic heterocycles. The summed E-state index contributed by atoms with van der Waals surface area (Å²) < 4.78 is 5.43. The lowest BCUT2D eigenvalue weighted by molar-refractivity contribution is -0.150. The van der Waals surface area contributed by atoms with Gasteiger partial charge in [0.25, 0.3) is 0 Å². The number of carboxylic acids is 1. The van der Waals surface area contributed by atoms with E-state index in [1.807, 2.05) is 19.1 Å². The maximum atomic E-state index is 11.9. The van der Waals surface area contributed by atoms with Crippen molar-refractivity contribution in [1.82, 2.24) is 4.90 Å². The molecule has 1 saturated heterocycles. The Hall–Kier alpha value is -1.55. The van der Waals surface area contributed by atoms with Crippen LogP contribution >= 0.6 is 0 Å². The van der Waals surface area contributed by atoms with Crippen molar-refractivity contribution in [2.75, 3.05) is 13.7 Å². The van der Waals surface area contributed by atoms with Gasteiger partial charge in [0.05, 0.1) is 7.11 Å². The average molecular weight is 291 g/mol. The average Bonchev–Trinajstić information content (AvgIpc) is 2.84. The molecule has 1 aliphatic heterocycles. The molecule has 0 spiro atoms. The summed E-state index contributed by atoms with van der Waals surface area (Å²) in [6.07, 6.45) is 3.27. The number of methoxy groups -OCH3 is 1. The minimum Gasteiger partial charge on any atom is -0.496 e. The second-order valence-electron chi connectivity index (χ2n) is 5.93. The van der Waals surface area contributed by atoms with E-state index in [1.54, 1.807) is 7.11 Å². The zero-order valence-electron chi connectivity index (χ0n) is 13.2. The summed E-state index contributed by atoms with van der Waals surface area (Å²) in [5.74, 6) is 0.150. The summed E-state index contributed by atoms with van der Waals surface area (Å²) in [7, 11) is 1.66. The van der Waals surface area contributed by atoms with E-state index < -0.39 is 11.5 Å². The molecular weight excluding hydrogens is 266 g/mol. The molecule has 116 valence electrons. The van der Waals surface area contributed by atoms with E-state index in [1.165, 1.54) is 5.56 Å². The van der Waals surface area contributed by atoms with Gasteiger partial charge < -0.3 is 9.84 Å². The molecule has 1 N–H and O–H groups in total. The lowest BCUT2D eigenvalue weighted by Crippen LogP contribution is -2.50. The van der Waals surface area contributed by atoms with Gasteiger partial charge in [0.2, 0.25) is 0 Å². The van der Waals surface area contributed by atoms with Crippen LogP contribution < -0.4 is 4.74 Å². The Bertz CT molecular complexity index is 515. The topological polar surface area (TPSA) is 49.8 Å². The number of hydrogen-bond acceptors (Lipinski definition) is 3. The third kappa shape index (κ3) is 3.05. The highest BCUT2D eigenvalue weighted by atomic mass is 16.5. The number of aliphatic carboxylic acids is 1. The highest BCUT2D eigenvalue weighted by Crippen LogP contribution is 2.36. The summed E-state index contributed by atoms with van der Waals surface area (Å²) in [4.78, 5) is 14.0. The molecule has 4 heteroatoms. The Morgan fingerprint density at radius 2 is 2.24 bits per heavy atom. The van der Waals surface area contributed by atoms with E-state index >= 15 is 0 Å². The van der Waals surface area contributed by atoms with Gasteiger partial charge in [-0.25, -0.2) is 0 Å². The van der Waals surface area contributed by atoms with Crippen LogP contribution in [0.2, 0.25) is 0 Å². The standard InChI is InChI=1S/C17H25NO3/c1-4-8-17(16(19)20)9-5-10-18(17)12-14-11-13(2)6-7-15(14)21-3/h6-7,11H,4-5,8-10,12H2,1-3H3,(H,19,20). The molecular formula is C17H25NO3. The van der Waals surface area contributed by atoms with Crippen molar-refractivity contribution in [2.45, 2.75) is 51.6 Å². The van der Waals surface area contributed by atoms with Crippen molar-refractivity contribution in [1.29, 1.82) is 0 Å². The van der Waals surface area contributed by atoms with Crippen molar-refractivity contribution in [3.05, 3.63) is 29.3 Å². The molecule has 1 aromatic rings. The molecule has 4 nitrogen and oxygen atoms in total. The Morgan fingerprint density at radius 3 is 2.86 bits per heavy atom. The van der Waals surface area contributed by atoms with E-state index in [4.69, 9.17) is 4.74 Å². The van der Waals surface area contributed by atoms with E-state index in [0.717, 1.165) is 37.1 Å². The number of carbonyl (C=O) groups is 1. The molecule has 21 heavy (non-hydrogen) atoms. The van der Waals surface area contributed by atoms with E-state index in [9.17, 15) is 9.90 Å². The third-order valence-corrected chi connectivity index (χ3v) is 4.48. The van der Waals surface area contributed by atoms with Crippen molar-refractivity contribution in [3.63, 3.8) is 0 Å². The van der Waals surface area contributed by atoms with Crippen LogP contribution in [0.3, 0.4) is 0 Å². The van der Waals surface area contributed by atoms with Crippen LogP contribution in [0.4, 0.5) is 0 Å². The monoisotopic (exact) mass is 291 g/mol.